The van der Waals surface area contributed by atoms with E-state index in [-0.39, 0.29) is 18.0 Å². The maximum Gasteiger partial charge on any atom is 0.258 e. The molecule has 1 unspecified atom stereocenters. The van der Waals surface area contributed by atoms with Crippen LogP contribution in [-0.4, -0.2) is 32.3 Å². The van der Waals surface area contributed by atoms with Gasteiger partial charge in [-0.15, -0.1) is 0 Å². The van der Waals surface area contributed by atoms with E-state index in [0.717, 1.165) is 23.7 Å². The molecule has 0 fully saturated rings. The summed E-state index contributed by atoms with van der Waals surface area (Å²) in [6.07, 6.45) is 3.25. The highest BCUT2D eigenvalue weighted by molar-refractivity contribution is 6.06. The minimum atomic E-state index is -0.183. The smallest absolute Gasteiger partial charge is 0.258 e. The Morgan fingerprint density at radius 2 is 1.94 bits per heavy atom. The zero-order valence-electron chi connectivity index (χ0n) is 17.9. The molecule has 0 radical (unpaired) electrons. The molecule has 0 bridgehead atoms. The fraction of sp³-hybridized carbons (Fsp3) is 0.320. The molecule has 1 aliphatic carbocycles. The van der Waals surface area contributed by atoms with Gasteiger partial charge >= 0.3 is 0 Å². The highest BCUT2D eigenvalue weighted by atomic mass is 16.2. The summed E-state index contributed by atoms with van der Waals surface area (Å²) >= 11 is 0. The summed E-state index contributed by atoms with van der Waals surface area (Å²) in [6, 6.07) is 13.2. The van der Waals surface area contributed by atoms with Gasteiger partial charge < -0.3 is 14.9 Å². The van der Waals surface area contributed by atoms with Crippen molar-refractivity contribution < 1.29 is 4.79 Å². The second kappa shape index (κ2) is 7.69. The van der Waals surface area contributed by atoms with Crippen molar-refractivity contribution in [2.75, 3.05) is 6.54 Å². The third kappa shape index (κ3) is 3.42. The summed E-state index contributed by atoms with van der Waals surface area (Å²) in [4.78, 5) is 38.6. The van der Waals surface area contributed by atoms with Crippen LogP contribution >= 0.6 is 0 Å². The number of para-hydroxylation sites is 2. The van der Waals surface area contributed by atoms with E-state index in [1.54, 1.807) is 11.0 Å². The van der Waals surface area contributed by atoms with Crippen molar-refractivity contribution in [2.45, 2.75) is 39.7 Å². The van der Waals surface area contributed by atoms with E-state index in [4.69, 9.17) is 0 Å². The molecule has 2 aromatic carbocycles. The number of fused-ring (bicyclic) bond motifs is 4. The molecule has 2 aromatic heterocycles. The van der Waals surface area contributed by atoms with Gasteiger partial charge in [0, 0.05) is 17.6 Å². The Morgan fingerprint density at radius 1 is 1.13 bits per heavy atom. The second-order valence-electron chi connectivity index (χ2n) is 8.51. The standard InChI is InChI=1S/C25H26N4O2/c1-3-29(14-22-26-20-10-5-4-7-17(20)24(30)28-22)25(31)18-9-6-8-16-19-13-15(2)11-12-21(19)27-23(16)18/h4-10,15,27H,3,11-14H2,1-2H3,(H,26,28,30). The van der Waals surface area contributed by atoms with Crippen LogP contribution in [0.25, 0.3) is 21.8 Å². The van der Waals surface area contributed by atoms with Gasteiger partial charge in [-0.3, -0.25) is 9.59 Å². The molecule has 6 heteroatoms. The molecular weight excluding hydrogens is 388 g/mol. The largest absolute Gasteiger partial charge is 0.358 e. The number of H-pyrrole nitrogens is 2. The van der Waals surface area contributed by atoms with Gasteiger partial charge in [0.25, 0.3) is 11.5 Å². The van der Waals surface area contributed by atoms with Crippen LogP contribution in [0.5, 0.6) is 0 Å². The van der Waals surface area contributed by atoms with Gasteiger partial charge in [0.05, 0.1) is 28.5 Å². The van der Waals surface area contributed by atoms with Gasteiger partial charge in [0.1, 0.15) is 5.82 Å². The Hall–Kier alpha value is -3.41. The number of aromatic nitrogens is 3. The molecule has 1 atom stereocenters. The molecule has 158 valence electrons. The first-order valence-electron chi connectivity index (χ1n) is 10.9. The van der Waals surface area contributed by atoms with Crippen LogP contribution in [0.2, 0.25) is 0 Å². The van der Waals surface area contributed by atoms with E-state index in [2.05, 4.69) is 27.9 Å². The molecule has 0 spiro atoms. The van der Waals surface area contributed by atoms with Crippen molar-refractivity contribution in [3.05, 3.63) is 75.5 Å². The summed E-state index contributed by atoms with van der Waals surface area (Å²) in [6.45, 7) is 5.00. The molecule has 2 N–H and O–H groups in total. The monoisotopic (exact) mass is 414 g/mol. The van der Waals surface area contributed by atoms with Crippen molar-refractivity contribution in [1.82, 2.24) is 19.9 Å². The summed E-state index contributed by atoms with van der Waals surface area (Å²) < 4.78 is 0. The fourth-order valence-electron chi connectivity index (χ4n) is 4.68. The number of hydrogen-bond donors (Lipinski definition) is 2. The van der Waals surface area contributed by atoms with E-state index >= 15 is 0 Å². The lowest BCUT2D eigenvalue weighted by atomic mass is 9.87. The Morgan fingerprint density at radius 3 is 2.77 bits per heavy atom. The van der Waals surface area contributed by atoms with Crippen LogP contribution in [-0.2, 0) is 19.4 Å². The van der Waals surface area contributed by atoms with E-state index < -0.39 is 0 Å². The van der Waals surface area contributed by atoms with Gasteiger partial charge in [-0.05, 0) is 55.9 Å². The van der Waals surface area contributed by atoms with E-state index in [9.17, 15) is 9.59 Å². The van der Waals surface area contributed by atoms with Crippen molar-refractivity contribution in [3.63, 3.8) is 0 Å². The number of nitrogens with zero attached hydrogens (tertiary/aromatic N) is 2. The maximum absolute atomic E-state index is 13.5. The first kappa shape index (κ1) is 19.5. The Labute approximate surface area is 180 Å². The number of carbonyl (C=O) groups is 1. The number of carbonyl (C=O) groups excluding carboxylic acids is 1. The molecule has 1 amide bonds. The third-order valence-corrected chi connectivity index (χ3v) is 6.37. The topological polar surface area (TPSA) is 81.8 Å². The quantitative estimate of drug-likeness (QED) is 0.525. The molecule has 1 aliphatic rings. The van der Waals surface area contributed by atoms with E-state index in [1.807, 2.05) is 37.3 Å². The molecule has 6 nitrogen and oxygen atoms in total. The Bertz CT molecular complexity index is 1350. The van der Waals surface area contributed by atoms with Crippen LogP contribution in [0.4, 0.5) is 0 Å². The highest BCUT2D eigenvalue weighted by Gasteiger charge is 2.24. The predicted molar refractivity (Wildman–Crippen MR) is 122 cm³/mol. The highest BCUT2D eigenvalue weighted by Crippen LogP contribution is 2.33. The van der Waals surface area contributed by atoms with Gasteiger partial charge in [0.15, 0.2) is 0 Å². The number of aryl methyl sites for hydroxylation is 1. The number of nitrogens with one attached hydrogen (secondary N) is 2. The Balaban J connectivity index is 1.50. The maximum atomic E-state index is 13.5. The van der Waals surface area contributed by atoms with Crippen LogP contribution in [0.1, 0.15) is 47.7 Å². The van der Waals surface area contributed by atoms with Crippen LogP contribution in [0.3, 0.4) is 0 Å². The van der Waals surface area contributed by atoms with Crippen molar-refractivity contribution in [1.29, 1.82) is 0 Å². The summed E-state index contributed by atoms with van der Waals surface area (Å²) in [5, 5.41) is 1.71. The summed E-state index contributed by atoms with van der Waals surface area (Å²) in [5.74, 6) is 1.09. The summed E-state index contributed by atoms with van der Waals surface area (Å²) in [7, 11) is 0. The average molecular weight is 415 g/mol. The number of benzene rings is 2. The molecule has 31 heavy (non-hydrogen) atoms. The molecule has 5 rings (SSSR count). The lowest BCUT2D eigenvalue weighted by Gasteiger charge is -2.21. The van der Waals surface area contributed by atoms with Gasteiger partial charge in [0.2, 0.25) is 0 Å². The lowest BCUT2D eigenvalue weighted by Crippen LogP contribution is -2.32. The van der Waals surface area contributed by atoms with Gasteiger partial charge in [-0.1, -0.05) is 31.2 Å². The Kier molecular flexibility index (Phi) is 4.85. The average Bonchev–Trinajstić information content (AvgIpc) is 3.15. The third-order valence-electron chi connectivity index (χ3n) is 6.37. The molecular formula is C25H26N4O2. The second-order valence-corrected chi connectivity index (χ2v) is 8.51. The fourth-order valence-corrected chi connectivity index (χ4v) is 4.68. The molecule has 0 aliphatic heterocycles. The molecule has 0 saturated heterocycles. The van der Waals surface area contributed by atoms with Gasteiger partial charge in [-0.25, -0.2) is 4.98 Å². The minimum Gasteiger partial charge on any atom is -0.358 e. The van der Waals surface area contributed by atoms with Crippen LogP contribution in [0.15, 0.2) is 47.3 Å². The first-order valence-corrected chi connectivity index (χ1v) is 10.9. The van der Waals surface area contributed by atoms with E-state index in [0.29, 0.717) is 34.8 Å². The number of hydrogen-bond acceptors (Lipinski definition) is 3. The summed E-state index contributed by atoms with van der Waals surface area (Å²) in [5.41, 5.74) is 4.66. The van der Waals surface area contributed by atoms with Crippen molar-refractivity contribution in [2.24, 2.45) is 5.92 Å². The van der Waals surface area contributed by atoms with Gasteiger partial charge in [-0.2, -0.15) is 0 Å². The normalized spacial score (nSPS) is 15.9. The zero-order chi connectivity index (χ0) is 21.5. The molecule has 2 heterocycles. The molecule has 4 aromatic rings. The van der Waals surface area contributed by atoms with Crippen LogP contribution < -0.4 is 5.56 Å². The van der Waals surface area contributed by atoms with Crippen LogP contribution in [0, 0.1) is 5.92 Å². The van der Waals surface area contributed by atoms with E-state index in [1.165, 1.54) is 17.7 Å². The minimum absolute atomic E-state index is 0.0597. The van der Waals surface area contributed by atoms with Crippen molar-refractivity contribution in [3.8, 4) is 0 Å². The van der Waals surface area contributed by atoms with Crippen molar-refractivity contribution >= 4 is 27.7 Å². The predicted octanol–water partition coefficient (Wildman–Crippen LogP) is 4.19. The SMILES string of the molecule is CCN(Cc1nc2ccccc2c(=O)[nH]1)C(=O)c1cccc2c3c([nH]c12)CCC(C)C3. The number of amides is 1. The molecule has 0 saturated carbocycles. The number of aromatic amines is 2. The first-order chi connectivity index (χ1) is 15.0. The number of rotatable bonds is 4. The lowest BCUT2D eigenvalue weighted by molar-refractivity contribution is 0.0750. The zero-order valence-corrected chi connectivity index (χ0v) is 17.9.